The molecule has 1 saturated heterocycles. The number of nitrogens with zero attached hydrogens (tertiary/aromatic N) is 4. The predicted octanol–water partition coefficient (Wildman–Crippen LogP) is 4.58. The summed E-state index contributed by atoms with van der Waals surface area (Å²) in [6.07, 6.45) is 6.89. The monoisotopic (exact) mass is 519 g/mol. The van der Waals surface area contributed by atoms with Crippen LogP contribution in [0.4, 0.5) is 20.4 Å². The average Bonchev–Trinajstić information content (AvgIpc) is 2.93. The van der Waals surface area contributed by atoms with Crippen molar-refractivity contribution in [1.29, 1.82) is 0 Å². The van der Waals surface area contributed by atoms with Gasteiger partial charge in [-0.05, 0) is 43.5 Å². The predicted molar refractivity (Wildman–Crippen MR) is 139 cm³/mol. The molecule has 38 heavy (non-hydrogen) atoms. The minimum atomic E-state index is -0.759. The van der Waals surface area contributed by atoms with Crippen LogP contribution >= 0.6 is 0 Å². The number of benzene rings is 2. The zero-order valence-corrected chi connectivity index (χ0v) is 20.5. The van der Waals surface area contributed by atoms with E-state index in [0.717, 1.165) is 55.3 Å². The maximum Gasteiger partial charge on any atom is 0.239 e. The SMILES string of the molecule is Nc1ncc(Oc2cc(F)cc(F)c2)nc1NCc1cccc(-c2ncc(OCC3CCNCC3)cn2)c1. The Morgan fingerprint density at radius 2 is 1.71 bits per heavy atom. The summed E-state index contributed by atoms with van der Waals surface area (Å²) in [6.45, 7) is 3.11. The normalized spacial score (nSPS) is 13.7. The molecule has 0 bridgehead atoms. The van der Waals surface area contributed by atoms with Crippen molar-refractivity contribution >= 4 is 11.6 Å². The van der Waals surface area contributed by atoms with Gasteiger partial charge in [-0.1, -0.05) is 18.2 Å². The topological polar surface area (TPSA) is 120 Å². The molecule has 4 aromatic rings. The van der Waals surface area contributed by atoms with Gasteiger partial charge in [-0.15, -0.1) is 0 Å². The molecule has 9 nitrogen and oxygen atoms in total. The molecule has 2 aromatic carbocycles. The van der Waals surface area contributed by atoms with Crippen molar-refractivity contribution in [3.8, 4) is 28.8 Å². The Morgan fingerprint density at radius 3 is 2.47 bits per heavy atom. The highest BCUT2D eigenvalue weighted by atomic mass is 19.1. The first kappa shape index (κ1) is 25.3. The lowest BCUT2D eigenvalue weighted by molar-refractivity contribution is 0.214. The fourth-order valence-electron chi connectivity index (χ4n) is 4.08. The lowest BCUT2D eigenvalue weighted by Crippen LogP contribution is -2.30. The van der Waals surface area contributed by atoms with E-state index in [-0.39, 0.29) is 23.3 Å². The Bertz CT molecular complexity index is 1360. The smallest absolute Gasteiger partial charge is 0.239 e. The van der Waals surface area contributed by atoms with Gasteiger partial charge in [-0.3, -0.25) is 0 Å². The Labute approximate surface area is 218 Å². The summed E-state index contributed by atoms with van der Waals surface area (Å²) in [4.78, 5) is 17.3. The number of nitrogen functional groups attached to an aromatic ring is 1. The molecule has 5 rings (SSSR count). The van der Waals surface area contributed by atoms with E-state index >= 15 is 0 Å². The standard InChI is InChI=1S/C27H27F2N7O2/c28-20-9-21(29)11-22(10-20)38-24-15-32-25(30)27(36-24)33-12-18-2-1-3-19(8-18)26-34-13-23(14-35-26)37-16-17-4-6-31-7-5-17/h1-3,8-11,13-15,17,31H,4-7,12,16H2,(H2,30,32)(H,33,36). The third-order valence-electron chi connectivity index (χ3n) is 6.05. The summed E-state index contributed by atoms with van der Waals surface area (Å²) < 4.78 is 38.2. The highest BCUT2D eigenvalue weighted by Crippen LogP contribution is 2.25. The van der Waals surface area contributed by atoms with Gasteiger partial charge in [0.05, 0.1) is 25.2 Å². The first-order valence-electron chi connectivity index (χ1n) is 12.3. The minimum Gasteiger partial charge on any atom is -0.490 e. The van der Waals surface area contributed by atoms with E-state index in [1.54, 1.807) is 12.4 Å². The minimum absolute atomic E-state index is 0.0383. The zero-order valence-electron chi connectivity index (χ0n) is 20.5. The molecular weight excluding hydrogens is 492 g/mol. The first-order valence-corrected chi connectivity index (χ1v) is 12.3. The summed E-state index contributed by atoms with van der Waals surface area (Å²) in [5.41, 5.74) is 7.73. The molecular formula is C27H27F2N7O2. The number of halogens is 2. The third kappa shape index (κ3) is 6.68. The number of hydrogen-bond acceptors (Lipinski definition) is 9. The van der Waals surface area contributed by atoms with Crippen LogP contribution in [0.15, 0.2) is 61.1 Å². The molecule has 0 amide bonds. The van der Waals surface area contributed by atoms with Crippen molar-refractivity contribution in [2.24, 2.45) is 5.92 Å². The van der Waals surface area contributed by atoms with Crippen molar-refractivity contribution in [2.45, 2.75) is 19.4 Å². The van der Waals surface area contributed by atoms with E-state index in [1.807, 2.05) is 24.3 Å². The molecule has 4 N–H and O–H groups in total. The van der Waals surface area contributed by atoms with E-state index in [1.165, 1.54) is 6.20 Å². The van der Waals surface area contributed by atoms with E-state index in [4.69, 9.17) is 15.2 Å². The molecule has 0 spiro atoms. The Kier molecular flexibility index (Phi) is 7.84. The summed E-state index contributed by atoms with van der Waals surface area (Å²) in [5.74, 6) is 0.698. The van der Waals surface area contributed by atoms with E-state index < -0.39 is 11.6 Å². The Morgan fingerprint density at radius 1 is 0.947 bits per heavy atom. The molecule has 1 aliphatic rings. The van der Waals surface area contributed by atoms with Crippen LogP contribution in [0.3, 0.4) is 0 Å². The maximum absolute atomic E-state index is 13.5. The fourth-order valence-corrected chi connectivity index (χ4v) is 4.08. The van der Waals surface area contributed by atoms with Crippen LogP contribution in [0.25, 0.3) is 11.4 Å². The molecule has 0 aliphatic carbocycles. The lowest BCUT2D eigenvalue weighted by atomic mass is 9.99. The van der Waals surface area contributed by atoms with Crippen LogP contribution in [0.1, 0.15) is 18.4 Å². The van der Waals surface area contributed by atoms with Crippen molar-refractivity contribution < 1.29 is 18.3 Å². The number of nitrogens with one attached hydrogen (secondary N) is 2. The number of piperidine rings is 1. The molecule has 0 radical (unpaired) electrons. The van der Waals surface area contributed by atoms with E-state index in [9.17, 15) is 8.78 Å². The molecule has 1 fully saturated rings. The molecule has 0 unspecified atom stereocenters. The van der Waals surface area contributed by atoms with Crippen LogP contribution in [-0.2, 0) is 6.54 Å². The van der Waals surface area contributed by atoms with Crippen LogP contribution in [0, 0.1) is 17.6 Å². The third-order valence-corrected chi connectivity index (χ3v) is 6.05. The molecule has 2 aromatic heterocycles. The van der Waals surface area contributed by atoms with Gasteiger partial charge in [0.1, 0.15) is 17.4 Å². The van der Waals surface area contributed by atoms with E-state index in [2.05, 4.69) is 30.6 Å². The van der Waals surface area contributed by atoms with Crippen LogP contribution < -0.4 is 25.8 Å². The average molecular weight is 520 g/mol. The van der Waals surface area contributed by atoms with Gasteiger partial charge in [0.15, 0.2) is 23.2 Å². The second-order valence-electron chi connectivity index (χ2n) is 8.95. The van der Waals surface area contributed by atoms with Gasteiger partial charge < -0.3 is 25.8 Å². The second-order valence-corrected chi connectivity index (χ2v) is 8.95. The van der Waals surface area contributed by atoms with Gasteiger partial charge in [0.2, 0.25) is 5.88 Å². The Hall–Kier alpha value is -4.38. The van der Waals surface area contributed by atoms with Gasteiger partial charge in [0.25, 0.3) is 0 Å². The van der Waals surface area contributed by atoms with Crippen molar-refractivity contribution in [2.75, 3.05) is 30.7 Å². The Balaban J connectivity index is 1.21. The number of anilines is 2. The number of ether oxygens (including phenoxy) is 2. The molecule has 196 valence electrons. The molecule has 11 heteroatoms. The van der Waals surface area contributed by atoms with Crippen LogP contribution in [0.2, 0.25) is 0 Å². The molecule has 0 atom stereocenters. The van der Waals surface area contributed by atoms with Gasteiger partial charge in [-0.2, -0.15) is 4.98 Å². The largest absolute Gasteiger partial charge is 0.490 e. The molecule has 0 saturated carbocycles. The lowest BCUT2D eigenvalue weighted by Gasteiger charge is -2.22. The quantitative estimate of drug-likeness (QED) is 0.292. The first-order chi connectivity index (χ1) is 18.5. The molecule has 3 heterocycles. The second kappa shape index (κ2) is 11.8. The van der Waals surface area contributed by atoms with Crippen molar-refractivity contribution in [1.82, 2.24) is 25.3 Å². The van der Waals surface area contributed by atoms with Gasteiger partial charge in [0, 0.05) is 30.3 Å². The summed E-state index contributed by atoms with van der Waals surface area (Å²) in [5, 5.41) is 6.47. The number of aromatic nitrogens is 4. The summed E-state index contributed by atoms with van der Waals surface area (Å²) >= 11 is 0. The summed E-state index contributed by atoms with van der Waals surface area (Å²) in [6, 6.07) is 10.6. The number of hydrogen-bond donors (Lipinski definition) is 3. The van der Waals surface area contributed by atoms with Crippen LogP contribution in [0.5, 0.6) is 17.4 Å². The summed E-state index contributed by atoms with van der Waals surface area (Å²) in [7, 11) is 0. The van der Waals surface area contributed by atoms with Gasteiger partial charge in [-0.25, -0.2) is 23.7 Å². The van der Waals surface area contributed by atoms with Gasteiger partial charge >= 0.3 is 0 Å². The fraction of sp³-hybridized carbons (Fsp3) is 0.259. The van der Waals surface area contributed by atoms with Crippen molar-refractivity contribution in [3.05, 3.63) is 78.3 Å². The zero-order chi connectivity index (χ0) is 26.3. The van der Waals surface area contributed by atoms with Crippen LogP contribution in [-0.4, -0.2) is 39.6 Å². The molecule has 1 aliphatic heterocycles. The highest BCUT2D eigenvalue weighted by Gasteiger charge is 2.14. The maximum atomic E-state index is 13.5. The number of nitrogens with two attached hydrogens (primary N) is 1. The van der Waals surface area contributed by atoms with E-state index in [0.29, 0.717) is 30.6 Å². The number of rotatable bonds is 9. The van der Waals surface area contributed by atoms with Crippen molar-refractivity contribution in [3.63, 3.8) is 0 Å². The highest BCUT2D eigenvalue weighted by molar-refractivity contribution is 5.59.